The summed E-state index contributed by atoms with van der Waals surface area (Å²) in [6.07, 6.45) is -4.08. The van der Waals surface area contributed by atoms with Crippen LogP contribution in [-0.2, 0) is 21.2 Å². The number of nitrogens with one attached hydrogen (secondary N) is 1. The van der Waals surface area contributed by atoms with E-state index in [4.69, 9.17) is 4.74 Å². The molecule has 1 amide bonds. The molecule has 2 N–H and O–H groups in total. The minimum absolute atomic E-state index is 0.00529. The maximum atomic E-state index is 14.1. The molecule has 2 aromatic carbocycles. The average molecular weight is 543 g/mol. The standard InChI is InChI=1S/C24H22F4N2O6S/c25-15-1-4-19(13(8-15)7-12-5-6-30(10-12)23(33)24(26,27)28)37(34,35)29-18-3-2-16-17-9-14(17)11-36-21(16)20(18)22(31)32/h1-4,8,12,14,17,29H,5-7,9-11H2,(H,31,32)/t12-,14-,17-/m0/s1. The molecule has 2 heterocycles. The Bertz CT molecular complexity index is 1390. The Kier molecular flexibility index (Phi) is 6.08. The van der Waals surface area contributed by atoms with Gasteiger partial charge >= 0.3 is 18.1 Å². The lowest BCUT2D eigenvalue weighted by molar-refractivity contribution is -0.184. The Labute approximate surface area is 209 Å². The van der Waals surface area contributed by atoms with Gasteiger partial charge in [0.15, 0.2) is 0 Å². The van der Waals surface area contributed by atoms with Crippen LogP contribution in [0.2, 0.25) is 0 Å². The molecule has 0 bridgehead atoms. The van der Waals surface area contributed by atoms with Gasteiger partial charge < -0.3 is 14.7 Å². The Hall–Kier alpha value is -3.35. The number of anilines is 1. The van der Waals surface area contributed by atoms with Crippen molar-refractivity contribution in [2.24, 2.45) is 11.8 Å². The van der Waals surface area contributed by atoms with E-state index >= 15 is 0 Å². The van der Waals surface area contributed by atoms with E-state index in [1.54, 1.807) is 6.07 Å². The van der Waals surface area contributed by atoms with E-state index in [1.807, 2.05) is 0 Å². The first-order valence-corrected chi connectivity index (χ1v) is 13.0. The van der Waals surface area contributed by atoms with Gasteiger partial charge in [-0.05, 0) is 66.5 Å². The quantitative estimate of drug-likeness (QED) is 0.538. The van der Waals surface area contributed by atoms with Gasteiger partial charge in [-0.2, -0.15) is 13.2 Å². The van der Waals surface area contributed by atoms with Gasteiger partial charge in [-0.3, -0.25) is 9.52 Å². The summed E-state index contributed by atoms with van der Waals surface area (Å²) < 4.78 is 87.0. The first-order valence-electron chi connectivity index (χ1n) is 11.6. The van der Waals surface area contributed by atoms with Crippen LogP contribution in [0, 0.1) is 17.7 Å². The third-order valence-corrected chi connectivity index (χ3v) is 8.51. The molecule has 13 heteroatoms. The summed E-state index contributed by atoms with van der Waals surface area (Å²) in [5.41, 5.74) is 0.166. The summed E-state index contributed by atoms with van der Waals surface area (Å²) in [5.74, 6) is -4.03. The molecule has 0 unspecified atom stereocenters. The first kappa shape index (κ1) is 25.3. The second-order valence-corrected chi connectivity index (χ2v) is 11.2. The number of carbonyl (C=O) groups is 2. The molecule has 0 radical (unpaired) electrons. The van der Waals surface area contributed by atoms with Crippen molar-refractivity contribution >= 4 is 27.6 Å². The number of aromatic carboxylic acids is 1. The number of amides is 1. The number of hydrogen-bond donors (Lipinski definition) is 2. The van der Waals surface area contributed by atoms with Crippen molar-refractivity contribution in [1.29, 1.82) is 0 Å². The topological polar surface area (TPSA) is 113 Å². The average Bonchev–Trinajstić information content (AvgIpc) is 3.47. The number of carboxylic acids is 1. The van der Waals surface area contributed by atoms with Crippen molar-refractivity contribution in [3.8, 4) is 5.75 Å². The van der Waals surface area contributed by atoms with Crippen LogP contribution in [0.25, 0.3) is 0 Å². The Balaban J connectivity index is 1.42. The van der Waals surface area contributed by atoms with Gasteiger partial charge in [-0.15, -0.1) is 0 Å². The number of carbonyl (C=O) groups excluding carboxylic acids is 1. The number of nitrogens with zero attached hydrogens (tertiary/aromatic N) is 1. The SMILES string of the molecule is O=C(O)c1c(NS(=O)(=O)c2ccc(F)cc2C[C@@H]2CCN(C(=O)C(F)(F)F)C2)ccc2c1OC[C@@H]1C[C@H]21. The molecule has 0 aromatic heterocycles. The van der Waals surface area contributed by atoms with Crippen LogP contribution in [0.3, 0.4) is 0 Å². The highest BCUT2D eigenvalue weighted by atomic mass is 32.2. The highest BCUT2D eigenvalue weighted by Crippen LogP contribution is 2.55. The summed E-state index contributed by atoms with van der Waals surface area (Å²) in [5, 5.41) is 9.82. The fourth-order valence-corrected chi connectivity index (χ4v) is 6.49. The molecule has 0 spiro atoms. The number of rotatable bonds is 6. The third kappa shape index (κ3) is 4.83. The number of carboxylic acid groups (broad SMARTS) is 1. The molecule has 1 aliphatic carbocycles. The maximum Gasteiger partial charge on any atom is 0.471 e. The fourth-order valence-electron chi connectivity index (χ4n) is 5.19. The zero-order valence-corrected chi connectivity index (χ0v) is 20.0. The number of hydrogen-bond acceptors (Lipinski definition) is 5. The molecule has 2 aromatic rings. The van der Waals surface area contributed by atoms with E-state index in [9.17, 15) is 40.7 Å². The monoisotopic (exact) mass is 542 g/mol. The van der Waals surface area contributed by atoms with Crippen LogP contribution in [0.4, 0.5) is 23.2 Å². The maximum absolute atomic E-state index is 14.1. The molecule has 1 saturated heterocycles. The number of fused-ring (bicyclic) bond motifs is 3. The normalized spacial score (nSPS) is 22.6. The lowest BCUT2D eigenvalue weighted by atomic mass is 9.98. The largest absolute Gasteiger partial charge is 0.492 e. The molecular weight excluding hydrogens is 520 g/mol. The van der Waals surface area contributed by atoms with Crippen LogP contribution < -0.4 is 9.46 Å². The summed E-state index contributed by atoms with van der Waals surface area (Å²) in [4.78, 5) is 23.9. The highest BCUT2D eigenvalue weighted by molar-refractivity contribution is 7.92. The van der Waals surface area contributed by atoms with Crippen molar-refractivity contribution in [3.63, 3.8) is 0 Å². The number of benzene rings is 2. The van der Waals surface area contributed by atoms with Gasteiger partial charge in [-0.1, -0.05) is 6.07 Å². The van der Waals surface area contributed by atoms with Crippen molar-refractivity contribution in [2.75, 3.05) is 24.4 Å². The van der Waals surface area contributed by atoms with E-state index in [0.717, 1.165) is 24.6 Å². The molecule has 8 nitrogen and oxygen atoms in total. The van der Waals surface area contributed by atoms with Gasteiger partial charge in [0.1, 0.15) is 17.1 Å². The van der Waals surface area contributed by atoms with Crippen LogP contribution in [-0.4, -0.2) is 56.2 Å². The molecule has 2 fully saturated rings. The third-order valence-electron chi connectivity index (χ3n) is 7.05. The zero-order valence-electron chi connectivity index (χ0n) is 19.2. The second kappa shape index (κ2) is 8.89. The fraction of sp³-hybridized carbons (Fsp3) is 0.417. The smallest absolute Gasteiger partial charge is 0.471 e. The van der Waals surface area contributed by atoms with Gasteiger partial charge in [-0.25, -0.2) is 17.6 Å². The van der Waals surface area contributed by atoms with Crippen LogP contribution in [0.15, 0.2) is 35.2 Å². The molecular formula is C24H22F4N2O6S. The Morgan fingerprint density at radius 2 is 1.95 bits per heavy atom. The Morgan fingerprint density at radius 1 is 1.19 bits per heavy atom. The van der Waals surface area contributed by atoms with Crippen molar-refractivity contribution in [1.82, 2.24) is 4.90 Å². The van der Waals surface area contributed by atoms with Crippen molar-refractivity contribution in [2.45, 2.75) is 36.3 Å². The van der Waals surface area contributed by atoms with Gasteiger partial charge in [0, 0.05) is 19.0 Å². The number of sulfonamides is 1. The highest BCUT2D eigenvalue weighted by Gasteiger charge is 2.46. The molecule has 1 saturated carbocycles. The first-order chi connectivity index (χ1) is 17.3. The molecule has 198 valence electrons. The number of halogens is 4. The second-order valence-electron chi connectivity index (χ2n) is 9.59. The Morgan fingerprint density at radius 3 is 2.65 bits per heavy atom. The summed E-state index contributed by atoms with van der Waals surface area (Å²) in [6.45, 7) is -0.0711. The number of ether oxygens (including phenoxy) is 1. The van der Waals surface area contributed by atoms with Crippen LogP contribution in [0.5, 0.6) is 5.75 Å². The lowest BCUT2D eigenvalue weighted by Crippen LogP contribution is -2.39. The molecule has 3 aliphatic rings. The van der Waals surface area contributed by atoms with E-state index < -0.39 is 39.8 Å². The predicted molar refractivity (Wildman–Crippen MR) is 121 cm³/mol. The van der Waals surface area contributed by atoms with Crippen LogP contribution in [0.1, 0.15) is 40.2 Å². The number of likely N-dealkylation sites (tertiary alicyclic amines) is 1. The van der Waals surface area contributed by atoms with Gasteiger partial charge in [0.2, 0.25) is 0 Å². The van der Waals surface area contributed by atoms with Crippen molar-refractivity contribution in [3.05, 3.63) is 52.8 Å². The predicted octanol–water partition coefficient (Wildman–Crippen LogP) is 3.77. The van der Waals surface area contributed by atoms with E-state index in [-0.39, 0.29) is 59.3 Å². The molecule has 3 atom stereocenters. The molecule has 2 aliphatic heterocycles. The minimum Gasteiger partial charge on any atom is -0.492 e. The van der Waals surface area contributed by atoms with E-state index in [0.29, 0.717) is 23.0 Å². The summed E-state index contributed by atoms with van der Waals surface area (Å²) in [6, 6.07) is 5.90. The summed E-state index contributed by atoms with van der Waals surface area (Å²) >= 11 is 0. The van der Waals surface area contributed by atoms with E-state index in [2.05, 4.69) is 4.72 Å². The lowest BCUT2D eigenvalue weighted by Gasteiger charge is -2.22. The number of alkyl halides is 3. The van der Waals surface area contributed by atoms with Gasteiger partial charge in [0.25, 0.3) is 10.0 Å². The summed E-state index contributed by atoms with van der Waals surface area (Å²) in [7, 11) is -4.44. The van der Waals surface area contributed by atoms with Gasteiger partial charge in [0.05, 0.1) is 17.2 Å². The van der Waals surface area contributed by atoms with Crippen LogP contribution >= 0.6 is 0 Å². The van der Waals surface area contributed by atoms with Crippen molar-refractivity contribution < 1.29 is 45.4 Å². The minimum atomic E-state index is -5.02. The molecule has 5 rings (SSSR count). The van der Waals surface area contributed by atoms with E-state index in [1.165, 1.54) is 6.07 Å². The zero-order chi connectivity index (χ0) is 26.7. The molecule has 37 heavy (non-hydrogen) atoms.